The summed E-state index contributed by atoms with van der Waals surface area (Å²) < 4.78 is 54.0. The van der Waals surface area contributed by atoms with Crippen LogP contribution in [0.5, 0.6) is 0 Å². The zero-order valence-electron chi connectivity index (χ0n) is 22.7. The Bertz CT molecular complexity index is 1420. The van der Waals surface area contributed by atoms with Crippen LogP contribution < -0.4 is 4.90 Å². The number of benzene rings is 2. The molecule has 1 aromatic heterocycles. The van der Waals surface area contributed by atoms with Crippen LogP contribution in [0.25, 0.3) is 11.3 Å². The lowest BCUT2D eigenvalue weighted by atomic mass is 9.91. The van der Waals surface area contributed by atoms with E-state index in [0.29, 0.717) is 30.0 Å². The highest BCUT2D eigenvalue weighted by atomic mass is 35.5. The highest BCUT2D eigenvalue weighted by Gasteiger charge is 2.52. The molecule has 0 unspecified atom stereocenters. The topological polar surface area (TPSA) is 130 Å². The van der Waals surface area contributed by atoms with Crippen LogP contribution >= 0.6 is 11.6 Å². The van der Waals surface area contributed by atoms with Crippen molar-refractivity contribution in [1.82, 2.24) is 15.0 Å². The van der Waals surface area contributed by atoms with Gasteiger partial charge in [-0.1, -0.05) is 16.8 Å². The average molecular weight is 611 g/mol. The molecule has 1 aliphatic heterocycles. The molecule has 3 aromatic rings. The zero-order chi connectivity index (χ0) is 30.3. The van der Waals surface area contributed by atoms with E-state index >= 15 is 0 Å². The highest BCUT2D eigenvalue weighted by Crippen LogP contribution is 2.37. The van der Waals surface area contributed by atoms with E-state index in [1.807, 2.05) is 6.92 Å². The van der Waals surface area contributed by atoms with Gasteiger partial charge in [0.15, 0.2) is 23.6 Å². The van der Waals surface area contributed by atoms with E-state index in [9.17, 15) is 33.3 Å². The number of ether oxygens (including phenoxy) is 2. The van der Waals surface area contributed by atoms with Gasteiger partial charge in [-0.3, -0.25) is 4.79 Å². The standard InChI is InChI=1S/C28H30ClF3N4O6/c1-13-6-15(29)10-16(7-13)36(20-4-3-5-21(20)38)28(40)27-26(41-2)24(25(39)22(12-37)42-27)35-11-19(33-34-35)14-8-17(30)23(32)18(31)9-14/h6-11,20-22,24-27,37-39H,3-5,12H2,1-2H3/t20-,21-,22+,24-,25-,26+,27+/m0/s1. The summed E-state index contributed by atoms with van der Waals surface area (Å²) in [7, 11) is 1.30. The van der Waals surface area contributed by atoms with E-state index in [2.05, 4.69) is 10.3 Å². The first-order valence-corrected chi connectivity index (χ1v) is 13.7. The van der Waals surface area contributed by atoms with Gasteiger partial charge in [-0.05, 0) is 62.1 Å². The van der Waals surface area contributed by atoms with Crippen LogP contribution in [0.1, 0.15) is 30.9 Å². The van der Waals surface area contributed by atoms with Crippen molar-refractivity contribution >= 4 is 23.2 Å². The molecule has 2 fully saturated rings. The Balaban J connectivity index is 1.54. The molecule has 0 spiro atoms. The first-order valence-electron chi connectivity index (χ1n) is 13.4. The second-order valence-electron chi connectivity index (χ2n) is 10.6. The Kier molecular flexibility index (Phi) is 8.88. The number of aryl methyl sites for hydroxylation is 1. The molecule has 2 heterocycles. The molecule has 5 rings (SSSR count). The van der Waals surface area contributed by atoms with E-state index in [0.717, 1.165) is 22.4 Å². The summed E-state index contributed by atoms with van der Waals surface area (Å²) in [4.78, 5) is 15.8. The lowest BCUT2D eigenvalue weighted by molar-refractivity contribution is -0.211. The molecule has 10 nitrogen and oxygen atoms in total. The minimum Gasteiger partial charge on any atom is -0.394 e. The quantitative estimate of drug-likeness (QED) is 0.348. The van der Waals surface area contributed by atoms with Crippen molar-refractivity contribution in [1.29, 1.82) is 0 Å². The third-order valence-electron chi connectivity index (χ3n) is 7.80. The molecule has 42 heavy (non-hydrogen) atoms. The second kappa shape index (κ2) is 12.3. The summed E-state index contributed by atoms with van der Waals surface area (Å²) >= 11 is 6.32. The fourth-order valence-electron chi connectivity index (χ4n) is 5.81. The molecule has 1 saturated heterocycles. The number of methoxy groups -OCH3 is 1. The number of hydrogen-bond acceptors (Lipinski definition) is 8. The molecule has 1 amide bonds. The number of aliphatic hydroxyl groups excluding tert-OH is 3. The van der Waals surface area contributed by atoms with E-state index in [1.54, 1.807) is 18.2 Å². The van der Waals surface area contributed by atoms with E-state index in [-0.39, 0.29) is 11.3 Å². The normalized spacial score (nSPS) is 27.8. The third kappa shape index (κ3) is 5.64. The predicted octanol–water partition coefficient (Wildman–Crippen LogP) is 2.95. The monoisotopic (exact) mass is 610 g/mol. The minimum atomic E-state index is -1.63. The number of nitrogens with zero attached hydrogens (tertiary/aromatic N) is 4. The van der Waals surface area contributed by atoms with Gasteiger partial charge in [-0.15, -0.1) is 5.10 Å². The smallest absolute Gasteiger partial charge is 0.259 e. The van der Waals surface area contributed by atoms with Gasteiger partial charge in [-0.25, -0.2) is 17.9 Å². The molecule has 1 saturated carbocycles. The van der Waals surface area contributed by atoms with Crippen LogP contribution in [0.3, 0.4) is 0 Å². The predicted molar refractivity (Wildman–Crippen MR) is 144 cm³/mol. The fourth-order valence-corrected chi connectivity index (χ4v) is 6.10. The van der Waals surface area contributed by atoms with E-state index < -0.39 is 72.6 Å². The maximum absolute atomic E-state index is 14.3. The van der Waals surface area contributed by atoms with Crippen molar-refractivity contribution in [2.75, 3.05) is 18.6 Å². The summed E-state index contributed by atoms with van der Waals surface area (Å²) in [5.41, 5.74) is 1.05. The van der Waals surface area contributed by atoms with Gasteiger partial charge >= 0.3 is 0 Å². The fraction of sp³-hybridized carbons (Fsp3) is 0.464. The number of halogens is 4. The van der Waals surface area contributed by atoms with Crippen LogP contribution in [0.15, 0.2) is 36.5 Å². The Morgan fingerprint density at radius 2 is 1.88 bits per heavy atom. The zero-order valence-corrected chi connectivity index (χ0v) is 23.5. The maximum atomic E-state index is 14.3. The first kappa shape index (κ1) is 30.4. The van der Waals surface area contributed by atoms with Crippen LogP contribution in [-0.2, 0) is 14.3 Å². The number of aromatic nitrogens is 3. The van der Waals surface area contributed by atoms with Crippen molar-refractivity contribution in [2.45, 2.75) is 68.8 Å². The van der Waals surface area contributed by atoms with Gasteiger partial charge in [0.2, 0.25) is 0 Å². The summed E-state index contributed by atoms with van der Waals surface area (Å²) in [6, 6.07) is 4.81. The Labute approximate surface area is 244 Å². The summed E-state index contributed by atoms with van der Waals surface area (Å²) in [6.45, 7) is 1.14. The summed E-state index contributed by atoms with van der Waals surface area (Å²) in [6.07, 6.45) is -3.21. The van der Waals surface area contributed by atoms with E-state index in [1.165, 1.54) is 18.2 Å². The van der Waals surface area contributed by atoms with E-state index in [4.69, 9.17) is 21.1 Å². The SMILES string of the molecule is CO[C@@H]1[C@@H](n2cc(-c3cc(F)c(F)c(F)c3)nn2)[C@@H](O)[C@@H](CO)O[C@H]1C(=O)N(c1cc(C)cc(Cl)c1)[C@H]1CCC[C@@H]1O. The molecule has 2 aliphatic rings. The second-order valence-corrected chi connectivity index (χ2v) is 11.0. The lowest BCUT2D eigenvalue weighted by Crippen LogP contribution is -2.62. The van der Waals surface area contributed by atoms with Gasteiger partial charge in [0.1, 0.15) is 30.0 Å². The molecule has 226 valence electrons. The molecule has 2 aromatic carbocycles. The Morgan fingerprint density at radius 1 is 1.17 bits per heavy atom. The number of hydrogen-bond donors (Lipinski definition) is 3. The molecule has 0 radical (unpaired) electrons. The molecule has 14 heteroatoms. The number of rotatable bonds is 7. The van der Waals surface area contributed by atoms with Crippen molar-refractivity contribution < 1.29 is 42.8 Å². The number of anilines is 1. The number of aliphatic hydroxyl groups is 3. The molecule has 3 N–H and O–H groups in total. The number of carbonyl (C=O) groups excluding carboxylic acids is 1. The van der Waals surface area contributed by atoms with Crippen molar-refractivity contribution in [2.24, 2.45) is 0 Å². The highest BCUT2D eigenvalue weighted by molar-refractivity contribution is 6.31. The van der Waals surface area contributed by atoms with Crippen LogP contribution in [0.4, 0.5) is 18.9 Å². The number of carbonyl (C=O) groups is 1. The molecular formula is C28H30ClF3N4O6. The van der Waals surface area contributed by atoms with Gasteiger partial charge in [0.05, 0.1) is 24.9 Å². The van der Waals surface area contributed by atoms with Crippen molar-refractivity contribution in [3.8, 4) is 11.3 Å². The average Bonchev–Trinajstić information content (AvgIpc) is 3.60. The molecular weight excluding hydrogens is 581 g/mol. The minimum absolute atomic E-state index is 0.0464. The lowest BCUT2D eigenvalue weighted by Gasteiger charge is -2.45. The van der Waals surface area contributed by atoms with Crippen LogP contribution in [0.2, 0.25) is 5.02 Å². The van der Waals surface area contributed by atoms with Crippen LogP contribution in [-0.4, -0.2) is 86.5 Å². The van der Waals surface area contributed by atoms with Gasteiger partial charge < -0.3 is 29.7 Å². The molecule has 1 aliphatic carbocycles. The van der Waals surface area contributed by atoms with Crippen molar-refractivity contribution in [3.63, 3.8) is 0 Å². The van der Waals surface area contributed by atoms with Gasteiger partial charge in [-0.2, -0.15) is 0 Å². The first-order chi connectivity index (χ1) is 20.0. The van der Waals surface area contributed by atoms with Gasteiger partial charge in [0.25, 0.3) is 5.91 Å². The Hall–Kier alpha value is -3.07. The number of amides is 1. The summed E-state index contributed by atoms with van der Waals surface area (Å²) in [5, 5.41) is 40.3. The Morgan fingerprint density at radius 3 is 2.48 bits per heavy atom. The molecule has 0 bridgehead atoms. The largest absolute Gasteiger partial charge is 0.394 e. The molecule has 7 atom stereocenters. The van der Waals surface area contributed by atoms with Crippen LogP contribution in [0, 0.1) is 24.4 Å². The van der Waals surface area contributed by atoms with Crippen molar-refractivity contribution in [3.05, 3.63) is 64.6 Å². The third-order valence-corrected chi connectivity index (χ3v) is 8.01. The summed E-state index contributed by atoms with van der Waals surface area (Å²) in [5.74, 6) is -5.08. The van der Waals surface area contributed by atoms with Gasteiger partial charge in [0, 0.05) is 23.4 Å². The maximum Gasteiger partial charge on any atom is 0.259 e.